The molecule has 3 N–H and O–H groups in total. The highest BCUT2D eigenvalue weighted by atomic mass is 35.5. The Balaban J connectivity index is 1.49. The summed E-state index contributed by atoms with van der Waals surface area (Å²) in [5, 5.41) is 5.15. The molecule has 0 radical (unpaired) electrons. The predicted molar refractivity (Wildman–Crippen MR) is 113 cm³/mol. The number of nitrogens with two attached hydrogens (primary N) is 1. The van der Waals surface area contributed by atoms with Gasteiger partial charge < -0.3 is 11.1 Å². The van der Waals surface area contributed by atoms with Gasteiger partial charge in [0.2, 0.25) is 0 Å². The summed E-state index contributed by atoms with van der Waals surface area (Å²) in [5.74, 6) is 0. The summed E-state index contributed by atoms with van der Waals surface area (Å²) >= 11 is 7.92. The number of benzene rings is 2. The average molecular weight is 381 g/mol. The van der Waals surface area contributed by atoms with Gasteiger partial charge in [-0.15, -0.1) is 0 Å². The second kappa shape index (κ2) is 7.50. The van der Waals surface area contributed by atoms with E-state index in [4.69, 9.17) is 17.3 Å². The summed E-state index contributed by atoms with van der Waals surface area (Å²) in [5.41, 5.74) is 9.61. The predicted octanol–water partition coefficient (Wildman–Crippen LogP) is 4.90. The second-order valence-electron chi connectivity index (χ2n) is 5.91. The zero-order valence-corrected chi connectivity index (χ0v) is 15.5. The normalized spacial score (nSPS) is 17.9. The van der Waals surface area contributed by atoms with Crippen LogP contribution in [0.15, 0.2) is 64.6 Å². The van der Waals surface area contributed by atoms with Crippen LogP contribution in [0.25, 0.3) is 17.0 Å². The van der Waals surface area contributed by atoms with Gasteiger partial charge in [0.25, 0.3) is 0 Å². The van der Waals surface area contributed by atoms with Gasteiger partial charge in [-0.2, -0.15) is 0 Å². The van der Waals surface area contributed by atoms with Crippen molar-refractivity contribution < 1.29 is 0 Å². The van der Waals surface area contributed by atoms with Crippen molar-refractivity contribution in [3.63, 3.8) is 0 Å². The molecule has 1 aliphatic heterocycles. The molecule has 4 rings (SSSR count). The highest BCUT2D eigenvalue weighted by Gasteiger charge is 2.16. The number of nitrogens with zero attached hydrogens (tertiary/aromatic N) is 2. The van der Waals surface area contributed by atoms with E-state index in [0.717, 1.165) is 32.6 Å². The van der Waals surface area contributed by atoms with Crippen molar-refractivity contribution in [1.29, 1.82) is 0 Å². The first-order valence-corrected chi connectivity index (χ1v) is 9.48. The van der Waals surface area contributed by atoms with Gasteiger partial charge in [-0.1, -0.05) is 41.6 Å². The fourth-order valence-electron chi connectivity index (χ4n) is 2.76. The minimum atomic E-state index is -0.103. The Hall–Kier alpha value is -2.34. The van der Waals surface area contributed by atoms with Gasteiger partial charge in [0.15, 0.2) is 5.50 Å². The smallest absolute Gasteiger partial charge is 0.171 e. The first-order valence-electron chi connectivity index (χ1n) is 8.22. The molecule has 1 aromatic heterocycles. The first-order chi connectivity index (χ1) is 12.7. The Kier molecular flexibility index (Phi) is 4.93. The van der Waals surface area contributed by atoms with Gasteiger partial charge in [0.1, 0.15) is 0 Å². The van der Waals surface area contributed by atoms with E-state index in [1.807, 2.05) is 36.5 Å². The topological polar surface area (TPSA) is 63.3 Å². The lowest BCUT2D eigenvalue weighted by molar-refractivity contribution is 1.05. The van der Waals surface area contributed by atoms with Gasteiger partial charge in [0, 0.05) is 29.2 Å². The van der Waals surface area contributed by atoms with Crippen LogP contribution in [0.4, 0.5) is 5.69 Å². The zero-order chi connectivity index (χ0) is 17.9. The number of rotatable bonds is 4. The number of halogens is 1. The van der Waals surface area contributed by atoms with E-state index in [0.29, 0.717) is 11.6 Å². The number of hydrogen-bond donors (Lipinski definition) is 2. The molecular formula is C20H17ClN4S. The first kappa shape index (κ1) is 17.1. The number of pyridine rings is 1. The lowest BCUT2D eigenvalue weighted by atomic mass is 10.1. The second-order valence-corrected chi connectivity index (χ2v) is 7.47. The van der Waals surface area contributed by atoms with Gasteiger partial charge in [-0.25, -0.2) is 0 Å². The molecular weight excluding hydrogens is 364 g/mol. The number of anilines is 1. The van der Waals surface area contributed by atoms with Gasteiger partial charge >= 0.3 is 0 Å². The van der Waals surface area contributed by atoms with Crippen LogP contribution >= 0.6 is 23.4 Å². The number of fused-ring (bicyclic) bond motifs is 1. The van der Waals surface area contributed by atoms with Crippen LogP contribution in [0.3, 0.4) is 0 Å². The average Bonchev–Trinajstić information content (AvgIpc) is 3.10. The zero-order valence-electron chi connectivity index (χ0n) is 13.9. The fraction of sp³-hybridized carbons (Fsp3) is 0.100. The molecule has 130 valence electrons. The van der Waals surface area contributed by atoms with Crippen LogP contribution in [0.5, 0.6) is 0 Å². The van der Waals surface area contributed by atoms with Crippen LogP contribution in [0, 0.1) is 0 Å². The molecule has 1 aliphatic rings. The monoisotopic (exact) mass is 380 g/mol. The van der Waals surface area contributed by atoms with E-state index >= 15 is 0 Å². The number of nitrogens with one attached hydrogen (secondary N) is 1. The van der Waals surface area contributed by atoms with Crippen LogP contribution in [0.2, 0.25) is 5.02 Å². The molecule has 0 bridgehead atoms. The Morgan fingerprint density at radius 1 is 1.19 bits per heavy atom. The number of aliphatic imine (C=N–C) groups is 1. The Bertz CT molecular complexity index is 1020. The van der Waals surface area contributed by atoms with Crippen LogP contribution in [-0.4, -0.2) is 16.7 Å². The minimum absolute atomic E-state index is 0.103. The summed E-state index contributed by atoms with van der Waals surface area (Å²) in [6.07, 6.45) is 5.82. The molecule has 0 aliphatic carbocycles. The van der Waals surface area contributed by atoms with Crippen molar-refractivity contribution in [2.24, 2.45) is 10.7 Å². The quantitative estimate of drug-likeness (QED) is 0.675. The lowest BCUT2D eigenvalue weighted by Gasteiger charge is -2.13. The Morgan fingerprint density at radius 2 is 2.12 bits per heavy atom. The van der Waals surface area contributed by atoms with Crippen molar-refractivity contribution in [3.8, 4) is 0 Å². The number of aromatic nitrogens is 1. The standard InChI is InChI=1S/C20H17ClN4S/c21-17-5-3-14(11-22)10-19(17)25-20-24-12-16(26-20)9-13-4-6-18-15(8-13)2-1-7-23-18/h1-10,12,20,25H,11,22H2/b16-9-. The SMILES string of the molecule is NCc1ccc(Cl)c(NC2N=C/C(=C/c3ccc4ncccc4c3)S2)c1. The molecule has 1 unspecified atom stereocenters. The van der Waals surface area contributed by atoms with E-state index in [2.05, 4.69) is 39.6 Å². The van der Waals surface area contributed by atoms with Crippen molar-refractivity contribution in [3.05, 3.63) is 75.8 Å². The van der Waals surface area contributed by atoms with Crippen LogP contribution < -0.4 is 11.1 Å². The van der Waals surface area contributed by atoms with Gasteiger partial charge in [-0.3, -0.25) is 9.98 Å². The molecule has 3 aromatic rings. The Labute approximate surface area is 161 Å². The van der Waals surface area contributed by atoms with Gasteiger partial charge in [0.05, 0.1) is 16.2 Å². The summed E-state index contributed by atoms with van der Waals surface area (Å²) < 4.78 is 0. The molecule has 0 amide bonds. The van der Waals surface area contributed by atoms with Crippen molar-refractivity contribution in [1.82, 2.24) is 4.98 Å². The number of thioether (sulfide) groups is 1. The third kappa shape index (κ3) is 3.75. The highest BCUT2D eigenvalue weighted by Crippen LogP contribution is 2.33. The third-order valence-electron chi connectivity index (χ3n) is 4.07. The van der Waals surface area contributed by atoms with Crippen LogP contribution in [0.1, 0.15) is 11.1 Å². The lowest BCUT2D eigenvalue weighted by Crippen LogP contribution is -2.10. The van der Waals surface area contributed by atoms with E-state index in [9.17, 15) is 0 Å². The Morgan fingerprint density at radius 3 is 3.00 bits per heavy atom. The highest BCUT2D eigenvalue weighted by molar-refractivity contribution is 8.05. The van der Waals surface area contributed by atoms with E-state index in [-0.39, 0.29) is 5.50 Å². The minimum Gasteiger partial charge on any atom is -0.354 e. The van der Waals surface area contributed by atoms with E-state index in [1.165, 1.54) is 0 Å². The maximum Gasteiger partial charge on any atom is 0.171 e. The molecule has 2 aromatic carbocycles. The summed E-state index contributed by atoms with van der Waals surface area (Å²) in [6, 6.07) is 16.0. The molecule has 1 atom stereocenters. The molecule has 0 saturated heterocycles. The largest absolute Gasteiger partial charge is 0.354 e. The van der Waals surface area contributed by atoms with Crippen molar-refractivity contribution in [2.45, 2.75) is 12.0 Å². The third-order valence-corrected chi connectivity index (χ3v) is 5.35. The maximum atomic E-state index is 6.27. The fourth-order valence-corrected chi connectivity index (χ4v) is 3.82. The molecule has 2 heterocycles. The summed E-state index contributed by atoms with van der Waals surface area (Å²) in [6.45, 7) is 0.481. The van der Waals surface area contributed by atoms with Gasteiger partial charge in [-0.05, 0) is 47.5 Å². The summed E-state index contributed by atoms with van der Waals surface area (Å²) in [4.78, 5) is 9.97. The van der Waals surface area contributed by atoms with Crippen molar-refractivity contribution >= 4 is 52.2 Å². The molecule has 6 heteroatoms. The van der Waals surface area contributed by atoms with Crippen molar-refractivity contribution in [2.75, 3.05) is 5.32 Å². The molecule has 0 spiro atoms. The molecule has 4 nitrogen and oxygen atoms in total. The van der Waals surface area contributed by atoms with E-state index in [1.54, 1.807) is 18.0 Å². The van der Waals surface area contributed by atoms with Crippen LogP contribution in [-0.2, 0) is 6.54 Å². The molecule has 0 fully saturated rings. The summed E-state index contributed by atoms with van der Waals surface area (Å²) in [7, 11) is 0. The molecule has 0 saturated carbocycles. The maximum absolute atomic E-state index is 6.27. The van der Waals surface area contributed by atoms with E-state index < -0.39 is 0 Å². The number of allylic oxidation sites excluding steroid dienone is 1. The number of hydrogen-bond acceptors (Lipinski definition) is 5. The molecule has 26 heavy (non-hydrogen) atoms.